The highest BCUT2D eigenvalue weighted by Crippen LogP contribution is 2.18. The summed E-state index contributed by atoms with van der Waals surface area (Å²) < 4.78 is 14.9. The van der Waals surface area contributed by atoms with Crippen LogP contribution < -0.4 is 0 Å². The summed E-state index contributed by atoms with van der Waals surface area (Å²) in [6, 6.07) is 8.20. The summed E-state index contributed by atoms with van der Waals surface area (Å²) in [6.45, 7) is 4.08. The normalized spacial score (nSPS) is 12.9. The maximum atomic E-state index is 13.0. The van der Waals surface area contributed by atoms with Gasteiger partial charge >= 0.3 is 0 Å². The quantitative estimate of drug-likeness (QED) is 0.903. The molecule has 0 bridgehead atoms. The van der Waals surface area contributed by atoms with Crippen molar-refractivity contribution in [3.63, 3.8) is 0 Å². The molecule has 18 heavy (non-hydrogen) atoms. The van der Waals surface area contributed by atoms with Crippen LogP contribution in [0.15, 0.2) is 36.5 Å². The zero-order valence-corrected chi connectivity index (χ0v) is 10.5. The molecule has 0 amide bonds. The van der Waals surface area contributed by atoms with Crippen LogP contribution in [0.5, 0.6) is 0 Å². The summed E-state index contributed by atoms with van der Waals surface area (Å²) in [5, 5.41) is 14.4. The SMILES string of the molecule is CC(C)n1ccc(CC(O)c2cccc(F)c2)n1. The second-order valence-electron chi connectivity index (χ2n) is 4.66. The third kappa shape index (κ3) is 2.96. The molecule has 0 radical (unpaired) electrons. The molecule has 1 aromatic carbocycles. The van der Waals surface area contributed by atoms with Gasteiger partial charge < -0.3 is 5.11 Å². The zero-order valence-electron chi connectivity index (χ0n) is 10.5. The van der Waals surface area contributed by atoms with Crippen molar-refractivity contribution < 1.29 is 9.50 Å². The summed E-state index contributed by atoms with van der Waals surface area (Å²) in [5.41, 5.74) is 1.38. The molecule has 1 aromatic heterocycles. The molecule has 0 aliphatic rings. The van der Waals surface area contributed by atoms with Crippen molar-refractivity contribution in [2.75, 3.05) is 0 Å². The average Bonchev–Trinajstić information content (AvgIpc) is 2.77. The van der Waals surface area contributed by atoms with Crippen molar-refractivity contribution in [3.8, 4) is 0 Å². The molecule has 1 unspecified atom stereocenters. The first kappa shape index (κ1) is 12.8. The number of aromatic nitrogens is 2. The van der Waals surface area contributed by atoms with Gasteiger partial charge in [-0.3, -0.25) is 4.68 Å². The highest BCUT2D eigenvalue weighted by molar-refractivity contribution is 5.20. The molecule has 3 nitrogen and oxygen atoms in total. The number of aliphatic hydroxyl groups is 1. The van der Waals surface area contributed by atoms with Gasteiger partial charge in [0.05, 0.1) is 11.8 Å². The van der Waals surface area contributed by atoms with Crippen LogP contribution in [0.3, 0.4) is 0 Å². The van der Waals surface area contributed by atoms with E-state index in [0.717, 1.165) is 5.69 Å². The molecule has 2 aromatic rings. The van der Waals surface area contributed by atoms with E-state index in [1.807, 2.05) is 30.8 Å². The fourth-order valence-electron chi connectivity index (χ4n) is 1.80. The van der Waals surface area contributed by atoms with Gasteiger partial charge in [-0.1, -0.05) is 12.1 Å². The Hall–Kier alpha value is -1.68. The van der Waals surface area contributed by atoms with Gasteiger partial charge in [0.15, 0.2) is 0 Å². The highest BCUT2D eigenvalue weighted by atomic mass is 19.1. The Bertz CT molecular complexity index is 522. The van der Waals surface area contributed by atoms with Gasteiger partial charge in [0.2, 0.25) is 0 Å². The summed E-state index contributed by atoms with van der Waals surface area (Å²) >= 11 is 0. The van der Waals surface area contributed by atoms with Crippen LogP contribution >= 0.6 is 0 Å². The standard InChI is InChI=1S/C14H17FN2O/c1-10(2)17-7-6-13(16-17)9-14(18)11-4-3-5-12(15)8-11/h3-8,10,14,18H,9H2,1-2H3. The van der Waals surface area contributed by atoms with Gasteiger partial charge in [-0.15, -0.1) is 0 Å². The molecule has 1 N–H and O–H groups in total. The Labute approximate surface area is 106 Å². The fraction of sp³-hybridized carbons (Fsp3) is 0.357. The molecule has 0 aliphatic carbocycles. The second kappa shape index (κ2) is 5.31. The topological polar surface area (TPSA) is 38.0 Å². The summed E-state index contributed by atoms with van der Waals surface area (Å²) in [7, 11) is 0. The number of benzene rings is 1. The first-order valence-corrected chi connectivity index (χ1v) is 6.04. The van der Waals surface area contributed by atoms with Crippen LogP contribution in [0, 0.1) is 5.82 Å². The molecule has 0 spiro atoms. The number of hydrogen-bond acceptors (Lipinski definition) is 2. The van der Waals surface area contributed by atoms with Crippen molar-refractivity contribution in [1.82, 2.24) is 9.78 Å². The lowest BCUT2D eigenvalue weighted by molar-refractivity contribution is 0.176. The molecule has 0 aliphatic heterocycles. The van der Waals surface area contributed by atoms with Crippen LogP contribution in [-0.2, 0) is 6.42 Å². The lowest BCUT2D eigenvalue weighted by Gasteiger charge is -2.09. The Kier molecular flexibility index (Phi) is 3.77. The van der Waals surface area contributed by atoms with E-state index < -0.39 is 6.10 Å². The monoisotopic (exact) mass is 248 g/mol. The van der Waals surface area contributed by atoms with Crippen LogP contribution in [0.1, 0.15) is 37.3 Å². The van der Waals surface area contributed by atoms with E-state index in [1.165, 1.54) is 12.1 Å². The van der Waals surface area contributed by atoms with E-state index in [1.54, 1.807) is 12.1 Å². The molecular weight excluding hydrogens is 231 g/mol. The Morgan fingerprint density at radius 2 is 2.11 bits per heavy atom. The number of hydrogen-bond donors (Lipinski definition) is 1. The number of halogens is 1. The number of nitrogens with zero attached hydrogens (tertiary/aromatic N) is 2. The van der Waals surface area contributed by atoms with Crippen LogP contribution in [-0.4, -0.2) is 14.9 Å². The minimum absolute atomic E-state index is 0.296. The average molecular weight is 248 g/mol. The van der Waals surface area contributed by atoms with Crippen molar-refractivity contribution in [1.29, 1.82) is 0 Å². The van der Waals surface area contributed by atoms with E-state index in [0.29, 0.717) is 18.0 Å². The lowest BCUT2D eigenvalue weighted by Crippen LogP contribution is -2.05. The van der Waals surface area contributed by atoms with Crippen molar-refractivity contribution >= 4 is 0 Å². The molecule has 2 rings (SSSR count). The highest BCUT2D eigenvalue weighted by Gasteiger charge is 2.11. The predicted molar refractivity (Wildman–Crippen MR) is 67.7 cm³/mol. The van der Waals surface area contributed by atoms with E-state index in [9.17, 15) is 9.50 Å². The first-order chi connectivity index (χ1) is 8.56. The molecule has 96 valence electrons. The second-order valence-corrected chi connectivity index (χ2v) is 4.66. The first-order valence-electron chi connectivity index (χ1n) is 6.04. The van der Waals surface area contributed by atoms with E-state index >= 15 is 0 Å². The zero-order chi connectivity index (χ0) is 13.1. The number of rotatable bonds is 4. The van der Waals surface area contributed by atoms with Gasteiger partial charge in [0, 0.05) is 18.7 Å². The molecule has 4 heteroatoms. The number of aliphatic hydroxyl groups excluding tert-OH is 1. The molecule has 1 heterocycles. The van der Waals surface area contributed by atoms with Gasteiger partial charge in [0.25, 0.3) is 0 Å². The van der Waals surface area contributed by atoms with Gasteiger partial charge in [-0.2, -0.15) is 5.10 Å². The van der Waals surface area contributed by atoms with Gasteiger partial charge in [-0.05, 0) is 37.6 Å². The minimum Gasteiger partial charge on any atom is -0.388 e. The Morgan fingerprint density at radius 1 is 1.33 bits per heavy atom. The fourth-order valence-corrected chi connectivity index (χ4v) is 1.80. The van der Waals surface area contributed by atoms with E-state index in [4.69, 9.17) is 0 Å². The maximum Gasteiger partial charge on any atom is 0.123 e. The van der Waals surface area contributed by atoms with E-state index in [2.05, 4.69) is 5.10 Å². The van der Waals surface area contributed by atoms with Crippen molar-refractivity contribution in [2.45, 2.75) is 32.4 Å². The molecule has 0 saturated heterocycles. The van der Waals surface area contributed by atoms with Crippen LogP contribution in [0.25, 0.3) is 0 Å². The summed E-state index contributed by atoms with van der Waals surface area (Å²) in [4.78, 5) is 0. The molecule has 0 fully saturated rings. The Balaban J connectivity index is 2.08. The summed E-state index contributed by atoms with van der Waals surface area (Å²) in [6.07, 6.45) is 1.55. The van der Waals surface area contributed by atoms with Gasteiger partial charge in [-0.25, -0.2) is 4.39 Å². The minimum atomic E-state index is -0.726. The van der Waals surface area contributed by atoms with Gasteiger partial charge in [0.1, 0.15) is 5.82 Å². The van der Waals surface area contributed by atoms with Crippen LogP contribution in [0.2, 0.25) is 0 Å². The van der Waals surface area contributed by atoms with Crippen molar-refractivity contribution in [2.24, 2.45) is 0 Å². The van der Waals surface area contributed by atoms with Crippen LogP contribution in [0.4, 0.5) is 4.39 Å². The Morgan fingerprint density at radius 3 is 2.72 bits per heavy atom. The lowest BCUT2D eigenvalue weighted by atomic mass is 10.1. The summed E-state index contributed by atoms with van der Waals surface area (Å²) in [5.74, 6) is -0.334. The van der Waals surface area contributed by atoms with E-state index in [-0.39, 0.29) is 5.82 Å². The largest absolute Gasteiger partial charge is 0.388 e. The van der Waals surface area contributed by atoms with Crippen molar-refractivity contribution in [3.05, 3.63) is 53.6 Å². The third-order valence-corrected chi connectivity index (χ3v) is 2.83. The third-order valence-electron chi connectivity index (χ3n) is 2.83. The molecular formula is C14H17FN2O. The molecule has 0 saturated carbocycles. The predicted octanol–water partition coefficient (Wildman–Crippen LogP) is 2.88. The maximum absolute atomic E-state index is 13.0. The smallest absolute Gasteiger partial charge is 0.123 e. The molecule has 1 atom stereocenters.